The van der Waals surface area contributed by atoms with E-state index in [1.54, 1.807) is 12.1 Å². The molecule has 3 nitrogen and oxygen atoms in total. The molecule has 2 N–H and O–H groups in total. The van der Waals surface area contributed by atoms with Crippen molar-refractivity contribution in [3.63, 3.8) is 0 Å². The minimum absolute atomic E-state index is 0.0828. The summed E-state index contributed by atoms with van der Waals surface area (Å²) in [5, 5.41) is 0. The van der Waals surface area contributed by atoms with Crippen molar-refractivity contribution in [1.29, 1.82) is 0 Å². The molecule has 0 saturated carbocycles. The molecule has 0 saturated heterocycles. The highest BCUT2D eigenvalue weighted by molar-refractivity contribution is 5.73. The van der Waals surface area contributed by atoms with Crippen molar-refractivity contribution in [2.24, 2.45) is 10.7 Å². The normalized spacial score (nSPS) is 21.0. The quantitative estimate of drug-likeness (QED) is 0.706. The Morgan fingerprint density at radius 2 is 2.08 bits per heavy atom. The number of hydrogen-bond donors (Lipinski definition) is 1. The van der Waals surface area contributed by atoms with E-state index in [2.05, 4.69) is 4.99 Å². The highest BCUT2D eigenvalue weighted by atomic mass is 19.1. The molecule has 1 heterocycles. The molecule has 1 aromatic carbocycles. The first-order valence-corrected chi connectivity index (χ1v) is 3.97. The average Bonchev–Trinajstić information content (AvgIpc) is 2.53. The fourth-order valence-corrected chi connectivity index (χ4v) is 1.25. The van der Waals surface area contributed by atoms with E-state index in [-0.39, 0.29) is 17.9 Å². The van der Waals surface area contributed by atoms with Gasteiger partial charge in [0.15, 0.2) is 0 Å². The summed E-state index contributed by atoms with van der Waals surface area (Å²) in [5.41, 5.74) is 6.26. The maximum atomic E-state index is 12.6. The molecule has 4 heteroatoms. The smallest absolute Gasteiger partial charge is 0.282 e. The molecule has 0 spiro atoms. The van der Waals surface area contributed by atoms with Crippen LogP contribution in [-0.2, 0) is 4.74 Å². The average molecular weight is 180 g/mol. The molecule has 1 aliphatic heterocycles. The van der Waals surface area contributed by atoms with Crippen LogP contribution in [0.2, 0.25) is 0 Å². The molecule has 1 aromatic rings. The Balaban J connectivity index is 2.22. The van der Waals surface area contributed by atoms with Gasteiger partial charge in [-0.25, -0.2) is 9.38 Å². The summed E-state index contributed by atoms with van der Waals surface area (Å²) in [7, 11) is 0. The predicted octanol–water partition coefficient (Wildman–Crippen LogP) is 1.21. The zero-order valence-electron chi connectivity index (χ0n) is 6.90. The van der Waals surface area contributed by atoms with Gasteiger partial charge in [0.25, 0.3) is 6.02 Å². The number of nitrogens with zero attached hydrogens (tertiary/aromatic N) is 1. The van der Waals surface area contributed by atoms with Crippen LogP contribution in [0.5, 0.6) is 0 Å². The Kier molecular flexibility index (Phi) is 1.88. The standard InChI is InChI=1S/C9H9FN2O/c10-7-3-1-6(2-4-7)8-5-13-9(11)12-8/h1-4,8H,5H2,(H2,11,12). The largest absolute Gasteiger partial charge is 0.463 e. The van der Waals surface area contributed by atoms with Gasteiger partial charge < -0.3 is 10.5 Å². The first-order valence-electron chi connectivity index (χ1n) is 3.97. The van der Waals surface area contributed by atoms with Gasteiger partial charge in [-0.05, 0) is 17.7 Å². The Labute approximate surface area is 75.0 Å². The number of benzene rings is 1. The van der Waals surface area contributed by atoms with Gasteiger partial charge in [0.05, 0.1) is 0 Å². The van der Waals surface area contributed by atoms with E-state index in [1.165, 1.54) is 12.1 Å². The predicted molar refractivity (Wildman–Crippen MR) is 46.7 cm³/mol. The van der Waals surface area contributed by atoms with E-state index in [9.17, 15) is 4.39 Å². The number of amidine groups is 1. The van der Waals surface area contributed by atoms with Crippen LogP contribution in [0.3, 0.4) is 0 Å². The van der Waals surface area contributed by atoms with Crippen LogP contribution in [0.4, 0.5) is 4.39 Å². The van der Waals surface area contributed by atoms with E-state index in [1.807, 2.05) is 0 Å². The second kappa shape index (κ2) is 3.05. The lowest BCUT2D eigenvalue weighted by atomic mass is 10.1. The fraction of sp³-hybridized carbons (Fsp3) is 0.222. The zero-order valence-corrected chi connectivity index (χ0v) is 6.90. The van der Waals surface area contributed by atoms with Crippen LogP contribution < -0.4 is 5.73 Å². The molecule has 1 aliphatic rings. The first kappa shape index (κ1) is 8.04. The number of nitrogens with two attached hydrogens (primary N) is 1. The van der Waals surface area contributed by atoms with E-state index in [4.69, 9.17) is 10.5 Å². The van der Waals surface area contributed by atoms with Gasteiger partial charge >= 0.3 is 0 Å². The van der Waals surface area contributed by atoms with Crippen LogP contribution in [0.25, 0.3) is 0 Å². The maximum Gasteiger partial charge on any atom is 0.282 e. The maximum absolute atomic E-state index is 12.6. The summed E-state index contributed by atoms with van der Waals surface area (Å²) in [4.78, 5) is 4.04. The summed E-state index contributed by atoms with van der Waals surface area (Å²) in [6.45, 7) is 0.442. The number of halogens is 1. The summed E-state index contributed by atoms with van der Waals surface area (Å²) >= 11 is 0. The number of hydrogen-bond acceptors (Lipinski definition) is 3. The van der Waals surface area contributed by atoms with Crippen LogP contribution >= 0.6 is 0 Å². The summed E-state index contributed by atoms with van der Waals surface area (Å²) in [5.74, 6) is -0.250. The minimum atomic E-state index is -0.250. The van der Waals surface area contributed by atoms with Gasteiger partial charge in [0.1, 0.15) is 18.5 Å². The number of aliphatic imine (C=N–C) groups is 1. The van der Waals surface area contributed by atoms with Gasteiger partial charge in [0, 0.05) is 0 Å². The Bertz CT molecular complexity index is 334. The summed E-state index contributed by atoms with van der Waals surface area (Å²) in [6, 6.07) is 6.30. The van der Waals surface area contributed by atoms with Crippen molar-refractivity contribution in [2.45, 2.75) is 6.04 Å². The SMILES string of the molecule is NC1=NC(c2ccc(F)cc2)CO1. The van der Waals surface area contributed by atoms with Gasteiger partial charge in [-0.2, -0.15) is 0 Å². The molecular weight excluding hydrogens is 171 g/mol. The van der Waals surface area contributed by atoms with Crippen LogP contribution in [0.1, 0.15) is 11.6 Å². The highest BCUT2D eigenvalue weighted by Gasteiger charge is 2.18. The molecule has 1 unspecified atom stereocenters. The van der Waals surface area contributed by atoms with E-state index in [0.717, 1.165) is 5.56 Å². The Morgan fingerprint density at radius 1 is 1.38 bits per heavy atom. The van der Waals surface area contributed by atoms with Gasteiger partial charge in [-0.3, -0.25) is 0 Å². The first-order chi connectivity index (χ1) is 6.25. The van der Waals surface area contributed by atoms with E-state index in [0.29, 0.717) is 6.61 Å². The monoisotopic (exact) mass is 180 g/mol. The summed E-state index contributed by atoms with van der Waals surface area (Å²) in [6.07, 6.45) is 0. The molecule has 0 aliphatic carbocycles. The lowest BCUT2D eigenvalue weighted by Crippen LogP contribution is -2.10. The van der Waals surface area contributed by atoms with Crippen molar-refractivity contribution >= 4 is 6.02 Å². The molecule has 13 heavy (non-hydrogen) atoms. The second-order valence-electron chi connectivity index (χ2n) is 2.85. The lowest BCUT2D eigenvalue weighted by molar-refractivity contribution is 0.315. The molecular formula is C9H9FN2O. The summed E-state index contributed by atoms with van der Waals surface area (Å²) < 4.78 is 17.5. The number of ether oxygens (including phenoxy) is 1. The topological polar surface area (TPSA) is 47.6 Å². The van der Waals surface area contributed by atoms with Gasteiger partial charge in [-0.1, -0.05) is 12.1 Å². The molecule has 0 fully saturated rings. The van der Waals surface area contributed by atoms with Gasteiger partial charge in [0.2, 0.25) is 0 Å². The van der Waals surface area contributed by atoms with Crippen molar-refractivity contribution in [2.75, 3.05) is 6.61 Å². The third-order valence-corrected chi connectivity index (χ3v) is 1.93. The number of rotatable bonds is 1. The van der Waals surface area contributed by atoms with Gasteiger partial charge in [-0.15, -0.1) is 0 Å². The third kappa shape index (κ3) is 1.61. The third-order valence-electron chi connectivity index (χ3n) is 1.93. The van der Waals surface area contributed by atoms with Crippen LogP contribution in [0.15, 0.2) is 29.3 Å². The molecule has 1 atom stereocenters. The van der Waals surface area contributed by atoms with Crippen molar-refractivity contribution < 1.29 is 9.13 Å². The Hall–Kier alpha value is -1.58. The van der Waals surface area contributed by atoms with E-state index < -0.39 is 0 Å². The molecule has 2 rings (SSSR count). The minimum Gasteiger partial charge on any atom is -0.463 e. The van der Waals surface area contributed by atoms with Crippen LogP contribution in [0, 0.1) is 5.82 Å². The molecule has 68 valence electrons. The second-order valence-corrected chi connectivity index (χ2v) is 2.85. The Morgan fingerprint density at radius 3 is 2.62 bits per heavy atom. The van der Waals surface area contributed by atoms with Crippen LogP contribution in [-0.4, -0.2) is 12.6 Å². The fourth-order valence-electron chi connectivity index (χ4n) is 1.25. The highest BCUT2D eigenvalue weighted by Crippen LogP contribution is 2.21. The van der Waals surface area contributed by atoms with Crippen molar-refractivity contribution in [3.05, 3.63) is 35.6 Å². The molecule has 0 aromatic heterocycles. The zero-order chi connectivity index (χ0) is 9.26. The molecule has 0 bridgehead atoms. The molecule has 0 amide bonds. The lowest BCUT2D eigenvalue weighted by Gasteiger charge is -2.03. The van der Waals surface area contributed by atoms with E-state index >= 15 is 0 Å². The van der Waals surface area contributed by atoms with Crippen molar-refractivity contribution in [1.82, 2.24) is 0 Å². The molecule has 0 radical (unpaired) electrons. The van der Waals surface area contributed by atoms with Crippen molar-refractivity contribution in [3.8, 4) is 0 Å².